The molecule has 0 bridgehead atoms. The summed E-state index contributed by atoms with van der Waals surface area (Å²) < 4.78 is 10.8. The molecular weight excluding hydrogens is 379 g/mol. The van der Waals surface area contributed by atoms with Crippen molar-refractivity contribution in [3.05, 3.63) is 58.1 Å². The summed E-state index contributed by atoms with van der Waals surface area (Å²) in [6.45, 7) is 2.66. The molecule has 26 heavy (non-hydrogen) atoms. The number of nitrogens with one attached hydrogen (secondary N) is 2. The molecule has 0 aromatic heterocycles. The standard InChI is InChI=1S/C18H18Cl2N2O4/c1-2-25-13-4-6-14(7-5-13)26-10-9-17(23)21-22-18(24)15-11-12(19)3-8-16(15)20/h3-8,11H,2,9-10H2,1H3,(H,21,23)(H,22,24). The van der Waals surface area contributed by atoms with E-state index in [1.165, 1.54) is 12.1 Å². The first-order chi connectivity index (χ1) is 12.5. The van der Waals surface area contributed by atoms with Crippen LogP contribution in [0.15, 0.2) is 42.5 Å². The highest BCUT2D eigenvalue weighted by molar-refractivity contribution is 6.35. The zero-order valence-corrected chi connectivity index (χ0v) is 15.6. The first kappa shape index (κ1) is 19.9. The Hall–Kier alpha value is -2.44. The van der Waals surface area contributed by atoms with Crippen molar-refractivity contribution in [2.75, 3.05) is 13.2 Å². The highest BCUT2D eigenvalue weighted by Gasteiger charge is 2.12. The maximum atomic E-state index is 12.0. The van der Waals surface area contributed by atoms with Gasteiger partial charge in [-0.25, -0.2) is 0 Å². The molecule has 2 aromatic rings. The van der Waals surface area contributed by atoms with Gasteiger partial charge in [-0.1, -0.05) is 23.2 Å². The van der Waals surface area contributed by atoms with Crippen LogP contribution in [0.4, 0.5) is 0 Å². The molecule has 0 aliphatic heterocycles. The number of hydrogen-bond acceptors (Lipinski definition) is 4. The van der Waals surface area contributed by atoms with Gasteiger partial charge >= 0.3 is 0 Å². The van der Waals surface area contributed by atoms with Crippen molar-refractivity contribution in [3.8, 4) is 11.5 Å². The lowest BCUT2D eigenvalue weighted by Gasteiger charge is -2.10. The van der Waals surface area contributed by atoms with E-state index in [4.69, 9.17) is 32.7 Å². The highest BCUT2D eigenvalue weighted by atomic mass is 35.5. The molecule has 2 aromatic carbocycles. The number of rotatable bonds is 7. The summed E-state index contributed by atoms with van der Waals surface area (Å²) in [5, 5.41) is 0.606. The average molecular weight is 397 g/mol. The van der Waals surface area contributed by atoms with Crippen molar-refractivity contribution in [2.24, 2.45) is 0 Å². The Morgan fingerprint density at radius 3 is 2.27 bits per heavy atom. The van der Waals surface area contributed by atoms with Crippen LogP contribution >= 0.6 is 23.2 Å². The molecule has 0 radical (unpaired) electrons. The van der Waals surface area contributed by atoms with Crippen LogP contribution in [0.25, 0.3) is 0 Å². The molecule has 2 amide bonds. The van der Waals surface area contributed by atoms with Gasteiger partial charge in [-0.15, -0.1) is 0 Å². The number of carbonyl (C=O) groups is 2. The number of hydrogen-bond donors (Lipinski definition) is 2. The summed E-state index contributed by atoms with van der Waals surface area (Å²) in [6, 6.07) is 11.6. The zero-order valence-electron chi connectivity index (χ0n) is 14.1. The zero-order chi connectivity index (χ0) is 18.9. The van der Waals surface area contributed by atoms with E-state index in [1.54, 1.807) is 30.3 Å². The van der Waals surface area contributed by atoms with Crippen molar-refractivity contribution >= 4 is 35.0 Å². The number of hydrazine groups is 1. The molecule has 2 N–H and O–H groups in total. The lowest BCUT2D eigenvalue weighted by atomic mass is 10.2. The fourth-order valence-corrected chi connectivity index (χ4v) is 2.36. The predicted octanol–water partition coefficient (Wildman–Crippen LogP) is 3.62. The second-order valence-corrected chi connectivity index (χ2v) is 5.97. The lowest BCUT2D eigenvalue weighted by Crippen LogP contribution is -2.42. The van der Waals surface area contributed by atoms with Gasteiger partial charge in [0.2, 0.25) is 5.91 Å². The number of halogens is 2. The predicted molar refractivity (Wildman–Crippen MR) is 99.8 cm³/mol. The fraction of sp³-hybridized carbons (Fsp3) is 0.222. The minimum absolute atomic E-state index is 0.0662. The number of benzene rings is 2. The van der Waals surface area contributed by atoms with Gasteiger partial charge < -0.3 is 9.47 Å². The van der Waals surface area contributed by atoms with Crippen LogP contribution in [0.2, 0.25) is 10.0 Å². The SMILES string of the molecule is CCOc1ccc(OCCC(=O)NNC(=O)c2cc(Cl)ccc2Cl)cc1. The Morgan fingerprint density at radius 1 is 0.962 bits per heavy atom. The Kier molecular flexibility index (Phi) is 7.56. The van der Waals surface area contributed by atoms with E-state index in [9.17, 15) is 9.59 Å². The van der Waals surface area contributed by atoms with Crippen molar-refractivity contribution in [2.45, 2.75) is 13.3 Å². The number of ether oxygens (including phenoxy) is 2. The van der Waals surface area contributed by atoms with Crippen LogP contribution in [0.5, 0.6) is 11.5 Å². The van der Waals surface area contributed by atoms with Crippen LogP contribution in [-0.2, 0) is 4.79 Å². The van der Waals surface area contributed by atoms with Gasteiger partial charge in [0.1, 0.15) is 11.5 Å². The smallest absolute Gasteiger partial charge is 0.271 e. The molecule has 0 atom stereocenters. The van der Waals surface area contributed by atoms with Gasteiger partial charge in [-0.05, 0) is 49.4 Å². The number of amides is 2. The van der Waals surface area contributed by atoms with Gasteiger partial charge in [0.05, 0.1) is 30.2 Å². The number of carbonyl (C=O) groups excluding carboxylic acids is 2. The summed E-state index contributed by atoms with van der Waals surface area (Å²) in [4.78, 5) is 23.8. The molecule has 0 spiro atoms. The largest absolute Gasteiger partial charge is 0.494 e. The van der Waals surface area contributed by atoms with E-state index in [0.717, 1.165) is 5.75 Å². The fourth-order valence-electron chi connectivity index (χ4n) is 1.99. The van der Waals surface area contributed by atoms with Crippen molar-refractivity contribution in [1.82, 2.24) is 10.9 Å². The maximum absolute atomic E-state index is 12.0. The molecule has 0 aliphatic rings. The molecule has 0 saturated carbocycles. The van der Waals surface area contributed by atoms with E-state index in [1.807, 2.05) is 6.92 Å². The molecule has 138 valence electrons. The van der Waals surface area contributed by atoms with Crippen molar-refractivity contribution < 1.29 is 19.1 Å². The molecule has 6 nitrogen and oxygen atoms in total. The Balaban J connectivity index is 1.73. The van der Waals surface area contributed by atoms with E-state index in [2.05, 4.69) is 10.9 Å². The third-order valence-electron chi connectivity index (χ3n) is 3.22. The van der Waals surface area contributed by atoms with Gasteiger partial charge in [0.25, 0.3) is 5.91 Å². The normalized spacial score (nSPS) is 10.1. The van der Waals surface area contributed by atoms with E-state index < -0.39 is 11.8 Å². The third-order valence-corrected chi connectivity index (χ3v) is 3.79. The van der Waals surface area contributed by atoms with Gasteiger partial charge in [-0.3, -0.25) is 20.4 Å². The second kappa shape index (κ2) is 9.89. The molecule has 0 fully saturated rings. The van der Waals surface area contributed by atoms with Crippen LogP contribution in [-0.4, -0.2) is 25.0 Å². The van der Waals surface area contributed by atoms with Gasteiger partial charge in [0, 0.05) is 5.02 Å². The lowest BCUT2D eigenvalue weighted by molar-refractivity contribution is -0.122. The highest BCUT2D eigenvalue weighted by Crippen LogP contribution is 2.20. The Bertz CT molecular complexity index is 766. The van der Waals surface area contributed by atoms with Gasteiger partial charge in [-0.2, -0.15) is 0 Å². The van der Waals surface area contributed by atoms with Crippen LogP contribution in [0.3, 0.4) is 0 Å². The maximum Gasteiger partial charge on any atom is 0.271 e. The molecule has 0 saturated heterocycles. The van der Waals surface area contributed by atoms with Crippen LogP contribution in [0.1, 0.15) is 23.7 Å². The first-order valence-corrected chi connectivity index (χ1v) is 8.65. The molecule has 0 unspecified atom stereocenters. The molecule has 0 heterocycles. The minimum atomic E-state index is -0.557. The Labute approximate surface area is 161 Å². The summed E-state index contributed by atoms with van der Waals surface area (Å²) in [5.74, 6) is 0.414. The van der Waals surface area contributed by atoms with Crippen molar-refractivity contribution in [1.29, 1.82) is 0 Å². The summed E-state index contributed by atoms with van der Waals surface area (Å²) >= 11 is 11.8. The molecular formula is C18H18Cl2N2O4. The second-order valence-electron chi connectivity index (χ2n) is 5.13. The monoisotopic (exact) mass is 396 g/mol. The van der Waals surface area contributed by atoms with Gasteiger partial charge in [0.15, 0.2) is 0 Å². The summed E-state index contributed by atoms with van der Waals surface area (Å²) in [7, 11) is 0. The molecule has 0 aliphatic carbocycles. The molecule has 8 heteroatoms. The van der Waals surface area contributed by atoms with Crippen LogP contribution < -0.4 is 20.3 Å². The summed E-state index contributed by atoms with van der Waals surface area (Å²) in [6.07, 6.45) is 0.0662. The summed E-state index contributed by atoms with van der Waals surface area (Å²) in [5.41, 5.74) is 4.75. The average Bonchev–Trinajstić information content (AvgIpc) is 2.63. The van der Waals surface area contributed by atoms with Crippen LogP contribution in [0, 0.1) is 0 Å². The Morgan fingerprint density at radius 2 is 1.62 bits per heavy atom. The van der Waals surface area contributed by atoms with E-state index in [-0.39, 0.29) is 23.6 Å². The first-order valence-electron chi connectivity index (χ1n) is 7.89. The third kappa shape index (κ3) is 6.13. The van der Waals surface area contributed by atoms with E-state index in [0.29, 0.717) is 17.4 Å². The van der Waals surface area contributed by atoms with E-state index >= 15 is 0 Å². The molecule has 2 rings (SSSR count). The van der Waals surface area contributed by atoms with Crippen molar-refractivity contribution in [3.63, 3.8) is 0 Å². The topological polar surface area (TPSA) is 76.7 Å². The minimum Gasteiger partial charge on any atom is -0.494 e. The quantitative estimate of drug-likeness (QED) is 0.700.